The van der Waals surface area contributed by atoms with Crippen molar-refractivity contribution in [2.24, 2.45) is 5.92 Å². The molecule has 0 spiro atoms. The lowest BCUT2D eigenvalue weighted by Gasteiger charge is -2.29. The topological polar surface area (TPSA) is 37.4 Å². The molecule has 2 aromatic carbocycles. The Labute approximate surface area is 166 Å². The van der Waals surface area contributed by atoms with Gasteiger partial charge in [0, 0.05) is 55.0 Å². The molecule has 0 aliphatic heterocycles. The Balaban J connectivity index is 1.88. The summed E-state index contributed by atoms with van der Waals surface area (Å²) in [6.07, 6.45) is 3.86. The summed E-state index contributed by atoms with van der Waals surface area (Å²) in [6, 6.07) is 15.3. The largest absolute Gasteiger partial charge is 0.378 e. The summed E-state index contributed by atoms with van der Waals surface area (Å²) in [6.45, 7) is 0. The third kappa shape index (κ3) is 4.78. The second-order valence-electron chi connectivity index (χ2n) is 7.55. The Morgan fingerprint density at radius 3 is 2.33 bits per heavy atom. The number of halogens is 1. The molecular weight excluding hydrogens is 358 g/mol. The zero-order chi connectivity index (χ0) is 19.4. The maximum Gasteiger partial charge on any atom is 0.163 e. The Bertz CT molecular complexity index is 796. The lowest BCUT2D eigenvalue weighted by atomic mass is 9.73. The number of hydrogen-bond acceptors (Lipinski definition) is 3. The van der Waals surface area contributed by atoms with Gasteiger partial charge < -0.3 is 4.90 Å². The van der Waals surface area contributed by atoms with E-state index in [1.807, 2.05) is 19.0 Å². The monoisotopic (exact) mass is 383 g/mol. The molecule has 27 heavy (non-hydrogen) atoms. The number of carbonyl (C=O) groups is 2. The molecule has 2 atom stereocenters. The van der Waals surface area contributed by atoms with Crippen molar-refractivity contribution in [2.75, 3.05) is 19.0 Å². The number of rotatable bonds is 6. The van der Waals surface area contributed by atoms with Crippen molar-refractivity contribution in [2.45, 2.75) is 38.0 Å². The van der Waals surface area contributed by atoms with E-state index in [1.54, 1.807) is 24.3 Å². The van der Waals surface area contributed by atoms with Gasteiger partial charge in [-0.15, -0.1) is 0 Å². The number of Topliss-reactive ketones (excluding diaryl/α,β-unsaturated/α-hetero) is 2. The van der Waals surface area contributed by atoms with Crippen molar-refractivity contribution in [1.82, 2.24) is 0 Å². The van der Waals surface area contributed by atoms with Gasteiger partial charge in [-0.25, -0.2) is 0 Å². The average Bonchev–Trinajstić information content (AvgIpc) is 2.67. The molecule has 1 fully saturated rings. The Morgan fingerprint density at radius 1 is 1.07 bits per heavy atom. The predicted molar refractivity (Wildman–Crippen MR) is 111 cm³/mol. The molecule has 0 N–H and O–H groups in total. The average molecular weight is 384 g/mol. The maximum absolute atomic E-state index is 12.9. The van der Waals surface area contributed by atoms with E-state index >= 15 is 0 Å². The molecule has 2 aromatic rings. The lowest BCUT2D eigenvalue weighted by Crippen LogP contribution is -2.27. The standard InChI is InChI=1S/C23H26ClNO2/c1-25(2)19-13-9-16(10-14-19)21(20-5-3-4-6-22(20)26)15-23(27)17-7-11-18(24)12-8-17/h7-14,20-21H,3-6,15H2,1-2H3/t20-,21-/m0/s1. The fourth-order valence-corrected chi connectivity index (χ4v) is 4.03. The molecule has 0 radical (unpaired) electrons. The van der Waals surface area contributed by atoms with E-state index in [0.29, 0.717) is 29.2 Å². The molecule has 3 nitrogen and oxygen atoms in total. The predicted octanol–water partition coefficient (Wildman–Crippen LogP) is 5.52. The number of benzene rings is 2. The van der Waals surface area contributed by atoms with Crippen LogP contribution in [0.25, 0.3) is 0 Å². The fourth-order valence-electron chi connectivity index (χ4n) is 3.90. The highest BCUT2D eigenvalue weighted by Gasteiger charge is 2.33. The number of ketones is 2. The van der Waals surface area contributed by atoms with E-state index < -0.39 is 0 Å². The highest BCUT2D eigenvalue weighted by Crippen LogP contribution is 2.37. The van der Waals surface area contributed by atoms with Crippen LogP contribution in [0.5, 0.6) is 0 Å². The molecule has 4 heteroatoms. The molecule has 0 amide bonds. The molecule has 142 valence electrons. The van der Waals surface area contributed by atoms with E-state index in [9.17, 15) is 9.59 Å². The Hall–Kier alpha value is -2.13. The van der Waals surface area contributed by atoms with Gasteiger partial charge in [0.2, 0.25) is 0 Å². The van der Waals surface area contributed by atoms with E-state index in [2.05, 4.69) is 24.3 Å². The van der Waals surface area contributed by atoms with Crippen LogP contribution in [0.2, 0.25) is 5.02 Å². The molecule has 3 rings (SSSR count). The second-order valence-corrected chi connectivity index (χ2v) is 7.98. The molecule has 0 unspecified atom stereocenters. The highest BCUT2D eigenvalue weighted by molar-refractivity contribution is 6.30. The summed E-state index contributed by atoms with van der Waals surface area (Å²) in [5, 5.41) is 0.616. The molecule has 0 bridgehead atoms. The van der Waals surface area contributed by atoms with E-state index in [1.165, 1.54) is 0 Å². The number of anilines is 1. The van der Waals surface area contributed by atoms with Crippen molar-refractivity contribution in [3.05, 3.63) is 64.7 Å². The third-order valence-corrected chi connectivity index (χ3v) is 5.75. The molecular formula is C23H26ClNO2. The molecule has 1 saturated carbocycles. The van der Waals surface area contributed by atoms with Gasteiger partial charge in [0.25, 0.3) is 0 Å². The minimum Gasteiger partial charge on any atom is -0.378 e. The summed E-state index contributed by atoms with van der Waals surface area (Å²) in [7, 11) is 4.00. The van der Waals surface area contributed by atoms with Gasteiger partial charge in [-0.2, -0.15) is 0 Å². The normalized spacial score (nSPS) is 18.2. The van der Waals surface area contributed by atoms with Crippen molar-refractivity contribution >= 4 is 28.9 Å². The summed E-state index contributed by atoms with van der Waals surface area (Å²) < 4.78 is 0. The van der Waals surface area contributed by atoms with E-state index in [-0.39, 0.29) is 17.6 Å². The van der Waals surface area contributed by atoms with E-state index in [4.69, 9.17) is 11.6 Å². The molecule has 0 heterocycles. The van der Waals surface area contributed by atoms with Gasteiger partial charge in [-0.3, -0.25) is 9.59 Å². The van der Waals surface area contributed by atoms with Gasteiger partial charge in [-0.1, -0.05) is 30.2 Å². The zero-order valence-corrected chi connectivity index (χ0v) is 16.7. The number of hydrogen-bond donors (Lipinski definition) is 0. The molecule has 1 aliphatic carbocycles. The minimum absolute atomic E-state index is 0.0618. The maximum atomic E-state index is 12.9. The summed E-state index contributed by atoms with van der Waals surface area (Å²) >= 11 is 5.94. The SMILES string of the molecule is CN(C)c1ccc([C@H](CC(=O)c2ccc(Cl)cc2)[C@@H]2CCCCC2=O)cc1. The van der Waals surface area contributed by atoms with Crippen LogP contribution < -0.4 is 4.90 Å². The quantitative estimate of drug-likeness (QED) is 0.616. The summed E-state index contributed by atoms with van der Waals surface area (Å²) in [5.41, 5.74) is 2.83. The van der Waals surface area contributed by atoms with Crippen LogP contribution >= 0.6 is 11.6 Å². The lowest BCUT2D eigenvalue weighted by molar-refractivity contribution is -0.125. The minimum atomic E-state index is -0.0720. The van der Waals surface area contributed by atoms with Crippen LogP contribution in [0.3, 0.4) is 0 Å². The van der Waals surface area contributed by atoms with Gasteiger partial charge in [-0.05, 0) is 54.8 Å². The highest BCUT2D eigenvalue weighted by atomic mass is 35.5. The van der Waals surface area contributed by atoms with Crippen LogP contribution in [0.4, 0.5) is 5.69 Å². The smallest absolute Gasteiger partial charge is 0.163 e. The number of nitrogens with zero attached hydrogens (tertiary/aromatic N) is 1. The molecule has 0 saturated heterocycles. The van der Waals surface area contributed by atoms with Crippen LogP contribution in [-0.2, 0) is 4.79 Å². The first-order valence-corrected chi connectivity index (χ1v) is 9.92. The van der Waals surface area contributed by atoms with Crippen molar-refractivity contribution < 1.29 is 9.59 Å². The summed E-state index contributed by atoms with van der Waals surface area (Å²) in [4.78, 5) is 27.6. The molecule has 1 aliphatic rings. The Morgan fingerprint density at radius 2 is 1.74 bits per heavy atom. The summed E-state index contributed by atoms with van der Waals surface area (Å²) in [5.74, 6) is 0.218. The van der Waals surface area contributed by atoms with Gasteiger partial charge >= 0.3 is 0 Å². The van der Waals surface area contributed by atoms with E-state index in [0.717, 1.165) is 30.5 Å². The van der Waals surface area contributed by atoms with Crippen molar-refractivity contribution in [3.63, 3.8) is 0 Å². The van der Waals surface area contributed by atoms with Gasteiger partial charge in [0.1, 0.15) is 5.78 Å². The second kappa shape index (κ2) is 8.71. The first-order chi connectivity index (χ1) is 13.0. The fraction of sp³-hybridized carbons (Fsp3) is 0.391. The number of carbonyl (C=O) groups excluding carboxylic acids is 2. The van der Waals surface area contributed by atoms with Crippen LogP contribution in [0, 0.1) is 5.92 Å². The van der Waals surface area contributed by atoms with Crippen molar-refractivity contribution in [1.29, 1.82) is 0 Å². The van der Waals surface area contributed by atoms with Gasteiger partial charge in [0.05, 0.1) is 0 Å². The third-order valence-electron chi connectivity index (χ3n) is 5.50. The first kappa shape index (κ1) is 19.6. The molecule has 0 aromatic heterocycles. The van der Waals surface area contributed by atoms with Crippen LogP contribution in [0.15, 0.2) is 48.5 Å². The zero-order valence-electron chi connectivity index (χ0n) is 16.0. The Kier molecular flexibility index (Phi) is 6.33. The van der Waals surface area contributed by atoms with Crippen LogP contribution in [0.1, 0.15) is 53.9 Å². The van der Waals surface area contributed by atoms with Crippen LogP contribution in [-0.4, -0.2) is 25.7 Å². The first-order valence-electron chi connectivity index (χ1n) is 9.54. The van der Waals surface area contributed by atoms with Gasteiger partial charge in [0.15, 0.2) is 5.78 Å². The van der Waals surface area contributed by atoms with Crippen molar-refractivity contribution in [3.8, 4) is 0 Å².